The Labute approximate surface area is 231 Å². The van der Waals surface area contributed by atoms with E-state index in [2.05, 4.69) is 33.5 Å². The Bertz CT molecular complexity index is 926. The molecule has 38 heavy (non-hydrogen) atoms. The lowest BCUT2D eigenvalue weighted by atomic mass is 10.1. The minimum absolute atomic E-state index is 0.0392. The number of benzene rings is 1. The molecule has 0 saturated heterocycles. The Hall–Kier alpha value is -3.15. The summed E-state index contributed by atoms with van der Waals surface area (Å²) in [4.78, 5) is 60.4. The van der Waals surface area contributed by atoms with Gasteiger partial charge in [0.15, 0.2) is 0 Å². The van der Waals surface area contributed by atoms with E-state index < -0.39 is 42.4 Å². The number of amides is 3. The van der Waals surface area contributed by atoms with Crippen LogP contribution in [0.5, 0.6) is 0 Å². The molecule has 0 fully saturated rings. The molecule has 0 aromatic heterocycles. The summed E-state index contributed by atoms with van der Waals surface area (Å²) in [6.45, 7) is 2.97. The summed E-state index contributed by atoms with van der Waals surface area (Å²) in [5, 5.41) is 31.7. The number of hydrogen-bond acceptors (Lipinski definition) is 5. The number of urea groups is 1. The monoisotopic (exact) mass is 599 g/mol. The van der Waals surface area contributed by atoms with E-state index in [1.807, 2.05) is 24.3 Å². The van der Waals surface area contributed by atoms with Crippen LogP contribution in [0.25, 0.3) is 0 Å². The molecule has 0 aliphatic rings. The second-order valence-corrected chi connectivity index (χ2v) is 10.00. The molecule has 2 atom stereocenters. The van der Waals surface area contributed by atoms with Gasteiger partial charge in [-0.05, 0) is 49.8 Å². The summed E-state index contributed by atoms with van der Waals surface area (Å²) < 4.78 is 0.937. The SMILES string of the molecule is CCCCCCC(=O)N(CCCC[C@H](NC(=O)N[C@@H](CCC(=O)O)C(=O)O)C(=O)O)Cc1ccc(Br)cc1. The average Bonchev–Trinajstić information content (AvgIpc) is 2.86. The lowest BCUT2D eigenvalue weighted by Crippen LogP contribution is -2.51. The van der Waals surface area contributed by atoms with Gasteiger partial charge >= 0.3 is 23.9 Å². The lowest BCUT2D eigenvalue weighted by Gasteiger charge is -2.24. The summed E-state index contributed by atoms with van der Waals surface area (Å²) in [5.41, 5.74) is 0.979. The minimum Gasteiger partial charge on any atom is -0.481 e. The largest absolute Gasteiger partial charge is 0.481 e. The normalized spacial score (nSPS) is 12.3. The number of aliphatic carboxylic acids is 3. The van der Waals surface area contributed by atoms with E-state index in [-0.39, 0.29) is 18.7 Å². The number of carboxylic acid groups (broad SMARTS) is 3. The molecule has 11 nitrogen and oxygen atoms in total. The predicted octanol–water partition coefficient (Wildman–Crippen LogP) is 3.99. The third-order valence-corrected chi connectivity index (χ3v) is 6.44. The number of hydrogen-bond donors (Lipinski definition) is 5. The minimum atomic E-state index is -1.46. The maximum atomic E-state index is 12.9. The van der Waals surface area contributed by atoms with Crippen LogP contribution in [0.4, 0.5) is 4.79 Å². The van der Waals surface area contributed by atoms with Crippen molar-refractivity contribution in [2.24, 2.45) is 0 Å². The highest BCUT2D eigenvalue weighted by Crippen LogP contribution is 2.15. The first-order chi connectivity index (χ1) is 18.0. The first kappa shape index (κ1) is 32.9. The number of carbonyl (C=O) groups excluding carboxylic acids is 2. The number of carbonyl (C=O) groups is 5. The first-order valence-electron chi connectivity index (χ1n) is 12.8. The Balaban J connectivity index is 2.66. The number of rotatable bonds is 19. The van der Waals surface area contributed by atoms with Gasteiger partial charge in [0.1, 0.15) is 12.1 Å². The smallest absolute Gasteiger partial charge is 0.326 e. The average molecular weight is 601 g/mol. The van der Waals surface area contributed by atoms with E-state index in [0.29, 0.717) is 32.4 Å². The number of nitrogens with one attached hydrogen (secondary N) is 2. The third-order valence-electron chi connectivity index (χ3n) is 5.91. The van der Waals surface area contributed by atoms with Gasteiger partial charge in [-0.25, -0.2) is 14.4 Å². The van der Waals surface area contributed by atoms with Crippen LogP contribution in [-0.4, -0.2) is 68.7 Å². The van der Waals surface area contributed by atoms with E-state index in [0.717, 1.165) is 35.7 Å². The number of carboxylic acids is 3. The van der Waals surface area contributed by atoms with Gasteiger partial charge in [-0.2, -0.15) is 0 Å². The molecule has 0 spiro atoms. The van der Waals surface area contributed by atoms with Crippen molar-refractivity contribution in [2.75, 3.05) is 6.54 Å². The van der Waals surface area contributed by atoms with Gasteiger partial charge in [-0.3, -0.25) is 9.59 Å². The van der Waals surface area contributed by atoms with Gasteiger partial charge in [0.05, 0.1) is 0 Å². The van der Waals surface area contributed by atoms with Gasteiger partial charge in [0.25, 0.3) is 0 Å². The van der Waals surface area contributed by atoms with Gasteiger partial charge < -0.3 is 30.9 Å². The Kier molecular flexibility index (Phi) is 15.7. The quantitative estimate of drug-likeness (QED) is 0.148. The van der Waals surface area contributed by atoms with E-state index in [4.69, 9.17) is 10.2 Å². The van der Waals surface area contributed by atoms with Crippen LogP contribution in [0.15, 0.2) is 28.7 Å². The Morgan fingerprint density at radius 3 is 1.97 bits per heavy atom. The molecular formula is C26H38BrN3O8. The van der Waals surface area contributed by atoms with Gasteiger partial charge in [-0.1, -0.05) is 54.2 Å². The molecule has 212 valence electrons. The van der Waals surface area contributed by atoms with Gasteiger partial charge in [0.2, 0.25) is 5.91 Å². The highest BCUT2D eigenvalue weighted by atomic mass is 79.9. The van der Waals surface area contributed by atoms with Crippen molar-refractivity contribution in [3.63, 3.8) is 0 Å². The molecule has 0 saturated carbocycles. The molecule has 12 heteroatoms. The maximum absolute atomic E-state index is 12.9. The first-order valence-corrected chi connectivity index (χ1v) is 13.6. The van der Waals surface area contributed by atoms with Crippen LogP contribution in [0.3, 0.4) is 0 Å². The standard InChI is InChI=1S/C26H38BrN3O8/c1-2-3-4-5-9-22(31)30(17-18-10-12-19(27)13-11-18)16-7-6-8-20(24(34)35)28-26(38)29-21(25(36)37)14-15-23(32)33/h10-13,20-21H,2-9,14-17H2,1H3,(H,32,33)(H,34,35)(H,36,37)(H2,28,29,38)/t20-,21-/m0/s1. The summed E-state index contributed by atoms with van der Waals surface area (Å²) in [7, 11) is 0. The van der Waals surface area contributed by atoms with E-state index in [9.17, 15) is 29.1 Å². The zero-order valence-electron chi connectivity index (χ0n) is 21.7. The van der Waals surface area contributed by atoms with Crippen LogP contribution in [0, 0.1) is 0 Å². The summed E-state index contributed by atoms with van der Waals surface area (Å²) >= 11 is 3.40. The summed E-state index contributed by atoms with van der Waals surface area (Å²) in [6.07, 6.45) is 4.59. The van der Waals surface area contributed by atoms with Crippen LogP contribution in [0.2, 0.25) is 0 Å². The molecule has 1 aromatic carbocycles. The fraction of sp³-hybridized carbons (Fsp3) is 0.577. The Morgan fingerprint density at radius 1 is 0.816 bits per heavy atom. The predicted molar refractivity (Wildman–Crippen MR) is 144 cm³/mol. The van der Waals surface area contributed by atoms with Crippen LogP contribution >= 0.6 is 15.9 Å². The second kappa shape index (κ2) is 18.2. The van der Waals surface area contributed by atoms with Crippen molar-refractivity contribution >= 4 is 45.8 Å². The number of halogens is 1. The third kappa shape index (κ3) is 14.0. The van der Waals surface area contributed by atoms with E-state index >= 15 is 0 Å². The molecule has 1 aromatic rings. The lowest BCUT2D eigenvalue weighted by molar-refractivity contribution is -0.140. The van der Waals surface area contributed by atoms with Gasteiger partial charge in [0, 0.05) is 30.4 Å². The fourth-order valence-corrected chi connectivity index (χ4v) is 4.02. The summed E-state index contributed by atoms with van der Waals surface area (Å²) in [6, 6.07) is 3.95. The van der Waals surface area contributed by atoms with E-state index in [1.165, 1.54) is 0 Å². The van der Waals surface area contributed by atoms with Gasteiger partial charge in [-0.15, -0.1) is 0 Å². The highest BCUT2D eigenvalue weighted by molar-refractivity contribution is 9.10. The van der Waals surface area contributed by atoms with Crippen molar-refractivity contribution in [1.29, 1.82) is 0 Å². The molecule has 0 heterocycles. The second-order valence-electron chi connectivity index (χ2n) is 9.08. The molecule has 0 aliphatic carbocycles. The molecule has 1 rings (SSSR count). The maximum Gasteiger partial charge on any atom is 0.326 e. The van der Waals surface area contributed by atoms with Crippen LogP contribution < -0.4 is 10.6 Å². The number of unbranched alkanes of at least 4 members (excludes halogenated alkanes) is 4. The van der Waals surface area contributed by atoms with Crippen molar-refractivity contribution < 1.29 is 39.3 Å². The van der Waals surface area contributed by atoms with Crippen molar-refractivity contribution in [3.8, 4) is 0 Å². The fourth-order valence-electron chi connectivity index (χ4n) is 3.76. The molecule has 0 unspecified atom stereocenters. The molecule has 0 bridgehead atoms. The van der Waals surface area contributed by atoms with Crippen LogP contribution in [-0.2, 0) is 25.7 Å². The molecular weight excluding hydrogens is 562 g/mol. The molecule has 3 amide bonds. The Morgan fingerprint density at radius 2 is 1.42 bits per heavy atom. The van der Waals surface area contributed by atoms with Crippen molar-refractivity contribution in [2.45, 2.75) is 89.8 Å². The molecule has 0 aliphatic heterocycles. The molecule has 0 radical (unpaired) electrons. The zero-order valence-corrected chi connectivity index (χ0v) is 23.2. The van der Waals surface area contributed by atoms with Crippen molar-refractivity contribution in [1.82, 2.24) is 15.5 Å². The number of nitrogens with zero attached hydrogens (tertiary/aromatic N) is 1. The highest BCUT2D eigenvalue weighted by Gasteiger charge is 2.25. The van der Waals surface area contributed by atoms with Crippen molar-refractivity contribution in [3.05, 3.63) is 34.3 Å². The van der Waals surface area contributed by atoms with Crippen LogP contribution in [0.1, 0.15) is 76.7 Å². The summed E-state index contributed by atoms with van der Waals surface area (Å²) in [5.74, 6) is -3.87. The topological polar surface area (TPSA) is 173 Å². The zero-order chi connectivity index (χ0) is 28.5. The molecule has 5 N–H and O–H groups in total. The van der Waals surface area contributed by atoms with E-state index in [1.54, 1.807) is 4.90 Å².